The number of hydrogen-bond donors (Lipinski definition) is 0. The Morgan fingerprint density at radius 2 is 1.74 bits per heavy atom. The minimum Gasteiger partial charge on any atom is -0.496 e. The number of ether oxygens (including phenoxy) is 1. The first-order chi connectivity index (χ1) is 11.1. The van der Waals surface area contributed by atoms with Crippen molar-refractivity contribution in [1.29, 1.82) is 0 Å². The quantitative estimate of drug-likeness (QED) is 0.768. The molecule has 116 valence electrons. The van der Waals surface area contributed by atoms with Gasteiger partial charge in [0.25, 0.3) is 11.8 Å². The van der Waals surface area contributed by atoms with Crippen molar-refractivity contribution in [3.05, 3.63) is 69.7 Å². The third-order valence-electron chi connectivity index (χ3n) is 3.66. The van der Waals surface area contributed by atoms with Crippen molar-refractivity contribution in [2.45, 2.75) is 0 Å². The molecule has 0 radical (unpaired) electrons. The molecule has 1 aliphatic rings. The van der Waals surface area contributed by atoms with Crippen LogP contribution in [0.25, 0.3) is 6.08 Å². The Morgan fingerprint density at radius 3 is 2.35 bits per heavy atom. The second-order valence-corrected chi connectivity index (χ2v) is 5.97. The summed E-state index contributed by atoms with van der Waals surface area (Å²) < 4.78 is 6.23. The summed E-state index contributed by atoms with van der Waals surface area (Å²) in [5.41, 5.74) is 1.80. The molecule has 4 nitrogen and oxygen atoms in total. The molecule has 0 N–H and O–H groups in total. The number of hydrogen-bond acceptors (Lipinski definition) is 3. The Morgan fingerprint density at radius 1 is 1.09 bits per heavy atom. The van der Waals surface area contributed by atoms with Crippen LogP contribution < -0.4 is 4.74 Å². The van der Waals surface area contributed by atoms with Gasteiger partial charge in [0.05, 0.1) is 18.2 Å². The van der Waals surface area contributed by atoms with Crippen LogP contribution >= 0.6 is 15.9 Å². The van der Waals surface area contributed by atoms with Gasteiger partial charge in [0, 0.05) is 16.6 Å². The van der Waals surface area contributed by atoms with Gasteiger partial charge < -0.3 is 4.74 Å². The van der Waals surface area contributed by atoms with Gasteiger partial charge in [-0.1, -0.05) is 40.2 Å². The molecule has 0 saturated carbocycles. The van der Waals surface area contributed by atoms with Gasteiger partial charge in [0.2, 0.25) is 0 Å². The van der Waals surface area contributed by atoms with E-state index >= 15 is 0 Å². The fourth-order valence-corrected chi connectivity index (χ4v) is 2.90. The molecule has 0 saturated heterocycles. The molecule has 1 heterocycles. The molecular weight excluding hydrogens is 358 g/mol. The Balaban J connectivity index is 1.79. The molecule has 23 heavy (non-hydrogen) atoms. The molecule has 2 amide bonds. The molecule has 0 aliphatic carbocycles. The van der Waals surface area contributed by atoms with Gasteiger partial charge in [-0.05, 0) is 30.3 Å². The predicted molar refractivity (Wildman–Crippen MR) is 91.5 cm³/mol. The molecular formula is C18H14BrNO3. The lowest BCUT2D eigenvalue weighted by Gasteiger charge is -2.11. The van der Waals surface area contributed by atoms with Crippen LogP contribution in [-0.2, 0) is 0 Å². The number of methoxy groups -OCH3 is 1. The van der Waals surface area contributed by atoms with Gasteiger partial charge in [-0.3, -0.25) is 14.5 Å². The average Bonchev–Trinajstić information content (AvgIpc) is 2.80. The lowest BCUT2D eigenvalue weighted by molar-refractivity contribution is 0.0672. The van der Waals surface area contributed by atoms with Gasteiger partial charge in [0.1, 0.15) is 5.75 Å². The van der Waals surface area contributed by atoms with E-state index < -0.39 is 0 Å². The molecule has 0 aromatic heterocycles. The molecule has 0 unspecified atom stereocenters. The monoisotopic (exact) mass is 371 g/mol. The van der Waals surface area contributed by atoms with Crippen molar-refractivity contribution >= 4 is 33.8 Å². The van der Waals surface area contributed by atoms with E-state index in [0.717, 1.165) is 15.8 Å². The first-order valence-electron chi connectivity index (χ1n) is 7.07. The Hall–Kier alpha value is -2.40. The molecule has 0 bridgehead atoms. The fraction of sp³-hybridized carbons (Fsp3) is 0.111. The van der Waals surface area contributed by atoms with Crippen LogP contribution in [0.3, 0.4) is 0 Å². The number of carbonyl (C=O) groups is 2. The Kier molecular flexibility index (Phi) is 4.30. The number of amides is 2. The molecule has 0 spiro atoms. The van der Waals surface area contributed by atoms with Crippen LogP contribution in [0.2, 0.25) is 0 Å². The van der Waals surface area contributed by atoms with E-state index in [0.29, 0.717) is 11.1 Å². The number of fused-ring (bicyclic) bond motifs is 1. The summed E-state index contributed by atoms with van der Waals surface area (Å²) >= 11 is 3.41. The number of rotatable bonds is 4. The zero-order valence-corrected chi connectivity index (χ0v) is 14.0. The summed E-state index contributed by atoms with van der Waals surface area (Å²) in [6.45, 7) is 0.224. The molecule has 0 atom stereocenters. The first-order valence-corrected chi connectivity index (χ1v) is 7.86. The number of halogens is 1. The smallest absolute Gasteiger partial charge is 0.261 e. The molecule has 0 fully saturated rings. The van der Waals surface area contributed by atoms with E-state index in [2.05, 4.69) is 15.9 Å². The molecule has 2 aromatic rings. The van der Waals surface area contributed by atoms with E-state index in [1.807, 2.05) is 24.3 Å². The minimum atomic E-state index is -0.253. The summed E-state index contributed by atoms with van der Waals surface area (Å²) in [5.74, 6) is 0.222. The van der Waals surface area contributed by atoms with Crippen LogP contribution in [-0.4, -0.2) is 30.4 Å². The standard InChI is InChI=1S/C18H14BrNO3/c1-23-16-9-8-13(19)11-12(16)5-4-10-20-17(21)14-6-2-3-7-15(14)18(20)22/h2-9,11H,10H2,1H3/b5-4+. The van der Waals surface area contributed by atoms with E-state index in [9.17, 15) is 9.59 Å². The largest absolute Gasteiger partial charge is 0.496 e. The molecule has 1 aliphatic heterocycles. The number of imide groups is 1. The third-order valence-corrected chi connectivity index (χ3v) is 4.15. The van der Waals surface area contributed by atoms with Crippen LogP contribution in [0, 0.1) is 0 Å². The molecule has 5 heteroatoms. The normalized spacial score (nSPS) is 13.7. The van der Waals surface area contributed by atoms with Gasteiger partial charge >= 0.3 is 0 Å². The second kappa shape index (κ2) is 6.38. The fourth-order valence-electron chi connectivity index (χ4n) is 2.53. The maximum Gasteiger partial charge on any atom is 0.261 e. The third kappa shape index (κ3) is 2.92. The summed E-state index contributed by atoms with van der Waals surface area (Å²) in [6, 6.07) is 12.5. The minimum absolute atomic E-state index is 0.224. The van der Waals surface area contributed by atoms with Gasteiger partial charge in [-0.25, -0.2) is 0 Å². The number of nitrogens with zero attached hydrogens (tertiary/aromatic N) is 1. The molecule has 3 rings (SSSR count). The zero-order valence-electron chi connectivity index (χ0n) is 12.5. The highest BCUT2D eigenvalue weighted by molar-refractivity contribution is 9.10. The van der Waals surface area contributed by atoms with Crippen molar-refractivity contribution in [3.8, 4) is 5.75 Å². The number of carbonyl (C=O) groups excluding carboxylic acids is 2. The lowest BCUT2D eigenvalue weighted by Crippen LogP contribution is -2.29. The van der Waals surface area contributed by atoms with Crippen molar-refractivity contribution in [1.82, 2.24) is 4.90 Å². The lowest BCUT2D eigenvalue weighted by atomic mass is 10.1. The van der Waals surface area contributed by atoms with Crippen LogP contribution in [0.15, 0.2) is 53.0 Å². The predicted octanol–water partition coefficient (Wildman–Crippen LogP) is 3.77. The SMILES string of the molecule is COc1ccc(Br)cc1/C=C/CN1C(=O)c2ccccc2C1=O. The van der Waals surface area contributed by atoms with E-state index in [4.69, 9.17) is 4.74 Å². The molecule has 2 aromatic carbocycles. The van der Waals surface area contributed by atoms with Gasteiger partial charge in [-0.15, -0.1) is 0 Å². The Bertz CT molecular complexity index is 779. The van der Waals surface area contributed by atoms with E-state index in [-0.39, 0.29) is 18.4 Å². The van der Waals surface area contributed by atoms with Crippen molar-refractivity contribution in [2.75, 3.05) is 13.7 Å². The maximum atomic E-state index is 12.3. The summed E-state index contributed by atoms with van der Waals surface area (Å²) in [7, 11) is 1.60. The topological polar surface area (TPSA) is 46.6 Å². The van der Waals surface area contributed by atoms with Crippen LogP contribution in [0.1, 0.15) is 26.3 Å². The van der Waals surface area contributed by atoms with Gasteiger partial charge in [0.15, 0.2) is 0 Å². The Labute approximate surface area is 142 Å². The summed E-state index contributed by atoms with van der Waals surface area (Å²) in [5, 5.41) is 0. The van der Waals surface area contributed by atoms with Crippen LogP contribution in [0.5, 0.6) is 5.75 Å². The second-order valence-electron chi connectivity index (χ2n) is 5.06. The van der Waals surface area contributed by atoms with Crippen molar-refractivity contribution < 1.29 is 14.3 Å². The van der Waals surface area contributed by atoms with E-state index in [1.165, 1.54) is 4.90 Å². The average molecular weight is 372 g/mol. The van der Waals surface area contributed by atoms with Crippen molar-refractivity contribution in [3.63, 3.8) is 0 Å². The maximum absolute atomic E-state index is 12.3. The van der Waals surface area contributed by atoms with Gasteiger partial charge in [-0.2, -0.15) is 0 Å². The van der Waals surface area contributed by atoms with Crippen LogP contribution in [0.4, 0.5) is 0 Å². The number of benzene rings is 2. The first kappa shape index (κ1) is 15.5. The highest BCUT2D eigenvalue weighted by Crippen LogP contribution is 2.25. The van der Waals surface area contributed by atoms with Crippen molar-refractivity contribution in [2.24, 2.45) is 0 Å². The highest BCUT2D eigenvalue weighted by Gasteiger charge is 2.34. The highest BCUT2D eigenvalue weighted by atomic mass is 79.9. The zero-order chi connectivity index (χ0) is 16.4. The summed E-state index contributed by atoms with van der Waals surface area (Å²) in [6.07, 6.45) is 3.62. The van der Waals surface area contributed by atoms with E-state index in [1.54, 1.807) is 37.5 Å². The summed E-state index contributed by atoms with van der Waals surface area (Å²) in [4.78, 5) is 25.8.